The molecule has 0 aliphatic carbocycles. The maximum atomic E-state index is 11.1. The van der Waals surface area contributed by atoms with Crippen LogP contribution in [0.2, 0.25) is 0 Å². The molecule has 0 aromatic carbocycles. The van der Waals surface area contributed by atoms with Gasteiger partial charge in [0.15, 0.2) is 0 Å². The molecule has 0 aliphatic rings. The highest BCUT2D eigenvalue weighted by atomic mass is 79.9. The first-order valence-corrected chi connectivity index (χ1v) is 4.21. The third-order valence-electron chi connectivity index (χ3n) is 0.682. The molecule has 0 spiro atoms. The van der Waals surface area contributed by atoms with E-state index in [9.17, 15) is 4.79 Å². The van der Waals surface area contributed by atoms with Gasteiger partial charge in [0.25, 0.3) is 0 Å². The van der Waals surface area contributed by atoms with Crippen LogP contribution in [0.3, 0.4) is 0 Å². The summed E-state index contributed by atoms with van der Waals surface area (Å²) < 4.78 is 33.3. The SMILES string of the molecule is [2H]CC(C)(OC(=O)NCCBr)C([2H])([2H])[2H]. The van der Waals surface area contributed by atoms with Crippen LogP contribution < -0.4 is 5.32 Å². The van der Waals surface area contributed by atoms with Gasteiger partial charge in [-0.1, -0.05) is 15.9 Å². The van der Waals surface area contributed by atoms with Gasteiger partial charge < -0.3 is 10.1 Å². The minimum Gasteiger partial charge on any atom is -0.444 e. The van der Waals surface area contributed by atoms with Crippen LogP contribution in [0, 0.1) is 0 Å². The first kappa shape index (κ1) is 5.41. The Morgan fingerprint density at radius 2 is 2.64 bits per heavy atom. The second-order valence-electron chi connectivity index (χ2n) is 2.24. The molecule has 4 heteroatoms. The van der Waals surface area contributed by atoms with Crippen LogP contribution in [-0.4, -0.2) is 23.6 Å². The van der Waals surface area contributed by atoms with Crippen LogP contribution >= 0.6 is 15.9 Å². The Morgan fingerprint density at radius 1 is 1.91 bits per heavy atom. The predicted molar refractivity (Wildman–Crippen MR) is 48.0 cm³/mol. The van der Waals surface area contributed by atoms with Crippen molar-refractivity contribution in [2.75, 3.05) is 11.9 Å². The summed E-state index contributed by atoms with van der Waals surface area (Å²) in [5.41, 5.74) is -1.76. The van der Waals surface area contributed by atoms with Crippen molar-refractivity contribution in [2.24, 2.45) is 0 Å². The van der Waals surface area contributed by atoms with Gasteiger partial charge in [-0.25, -0.2) is 4.79 Å². The van der Waals surface area contributed by atoms with Gasteiger partial charge in [-0.3, -0.25) is 0 Å². The van der Waals surface area contributed by atoms with Crippen LogP contribution in [-0.2, 0) is 4.74 Å². The van der Waals surface area contributed by atoms with Crippen molar-refractivity contribution in [2.45, 2.75) is 26.3 Å². The van der Waals surface area contributed by atoms with Gasteiger partial charge in [-0.15, -0.1) is 0 Å². The summed E-state index contributed by atoms with van der Waals surface area (Å²) in [6.45, 7) is -1.44. The third-order valence-corrected chi connectivity index (χ3v) is 1.08. The molecule has 66 valence electrons. The lowest BCUT2D eigenvalue weighted by molar-refractivity contribution is 0.0531. The van der Waals surface area contributed by atoms with Gasteiger partial charge in [0.2, 0.25) is 0 Å². The summed E-state index contributed by atoms with van der Waals surface area (Å²) in [4.78, 5) is 11.1. The fourth-order valence-corrected chi connectivity index (χ4v) is 0.588. The molecule has 0 fully saturated rings. The summed E-state index contributed by atoms with van der Waals surface area (Å²) in [6.07, 6.45) is -0.819. The average Bonchev–Trinajstić information content (AvgIpc) is 2.12. The number of hydrogen-bond donors (Lipinski definition) is 1. The minimum absolute atomic E-state index is 0.341. The van der Waals surface area contributed by atoms with E-state index in [1.165, 1.54) is 6.92 Å². The van der Waals surface area contributed by atoms with Crippen LogP contribution in [0.1, 0.15) is 26.2 Å². The normalized spacial score (nSPS) is 21.6. The minimum atomic E-state index is -2.50. The number of amides is 1. The monoisotopic (exact) mass is 227 g/mol. The van der Waals surface area contributed by atoms with E-state index < -0.39 is 25.4 Å². The molecule has 0 saturated carbocycles. The summed E-state index contributed by atoms with van der Waals surface area (Å²) in [6, 6.07) is 0. The molecule has 0 heterocycles. The molecular weight excluding hydrogens is 210 g/mol. The second kappa shape index (κ2) is 4.59. The molecule has 0 aliphatic heterocycles. The Kier molecular flexibility index (Phi) is 2.26. The van der Waals surface area contributed by atoms with Gasteiger partial charge in [0.1, 0.15) is 5.60 Å². The molecule has 1 atom stereocenters. The van der Waals surface area contributed by atoms with Crippen LogP contribution in [0.4, 0.5) is 4.79 Å². The number of carbonyl (C=O) groups excluding carboxylic acids is 1. The molecule has 1 unspecified atom stereocenters. The number of alkyl halides is 1. The summed E-state index contributed by atoms with van der Waals surface area (Å²) in [7, 11) is 0. The molecule has 11 heavy (non-hydrogen) atoms. The van der Waals surface area contributed by atoms with Crippen molar-refractivity contribution in [3.05, 3.63) is 0 Å². The molecule has 1 N–H and O–H groups in total. The number of carbonyl (C=O) groups is 1. The first-order chi connectivity index (χ1) is 6.77. The smallest absolute Gasteiger partial charge is 0.407 e. The molecule has 3 nitrogen and oxygen atoms in total. The second-order valence-corrected chi connectivity index (χ2v) is 3.03. The highest BCUT2D eigenvalue weighted by Crippen LogP contribution is 2.05. The zero-order chi connectivity index (χ0) is 12.1. The van der Waals surface area contributed by atoms with Gasteiger partial charge in [-0.2, -0.15) is 0 Å². The highest BCUT2D eigenvalue weighted by Gasteiger charge is 2.14. The van der Waals surface area contributed by atoms with E-state index in [4.69, 9.17) is 10.2 Å². The Morgan fingerprint density at radius 3 is 3.09 bits per heavy atom. The largest absolute Gasteiger partial charge is 0.444 e. The number of hydrogen-bond acceptors (Lipinski definition) is 2. The zero-order valence-electron chi connectivity index (χ0n) is 10.3. The average molecular weight is 228 g/mol. The van der Waals surface area contributed by atoms with E-state index in [1.807, 2.05) is 0 Å². The molecule has 0 rings (SSSR count). The maximum Gasteiger partial charge on any atom is 0.407 e. The quantitative estimate of drug-likeness (QED) is 0.733. The van der Waals surface area contributed by atoms with Gasteiger partial charge in [0, 0.05) is 17.4 Å². The number of alkyl carbamates (subject to hydrolysis) is 1. The summed E-state index contributed by atoms with van der Waals surface area (Å²) >= 11 is 3.10. The molecular formula is C7H14BrNO2. The Hall–Kier alpha value is -0.250. The molecule has 0 bridgehead atoms. The lowest BCUT2D eigenvalue weighted by atomic mass is 10.2. The van der Waals surface area contributed by atoms with Crippen molar-refractivity contribution in [1.82, 2.24) is 5.32 Å². The fraction of sp³-hybridized carbons (Fsp3) is 0.857. The van der Waals surface area contributed by atoms with E-state index >= 15 is 0 Å². The Balaban J connectivity index is 4.38. The number of ether oxygens (including phenoxy) is 1. The standard InChI is InChI=1S/C7H14BrNO2/c1-7(2,3)11-6(10)9-5-4-8/h4-5H2,1-3H3,(H,9,10)/i1D,2D3. The number of rotatable bonds is 2. The third kappa shape index (κ3) is 7.65. The summed E-state index contributed by atoms with van der Waals surface area (Å²) in [5, 5.41) is 2.90. The molecule has 0 radical (unpaired) electrons. The van der Waals surface area contributed by atoms with E-state index in [-0.39, 0.29) is 0 Å². The van der Waals surface area contributed by atoms with Crippen LogP contribution in [0.5, 0.6) is 0 Å². The van der Waals surface area contributed by atoms with Crippen molar-refractivity contribution in [3.63, 3.8) is 0 Å². The fourth-order valence-electron chi connectivity index (χ4n) is 0.390. The van der Waals surface area contributed by atoms with Gasteiger partial charge in [0.05, 0.1) is 0 Å². The van der Waals surface area contributed by atoms with Crippen molar-refractivity contribution in [3.8, 4) is 0 Å². The van der Waals surface area contributed by atoms with Crippen LogP contribution in [0.15, 0.2) is 0 Å². The number of nitrogens with one attached hydrogen (secondary N) is 1. The van der Waals surface area contributed by atoms with Gasteiger partial charge in [-0.05, 0) is 20.7 Å². The topological polar surface area (TPSA) is 38.3 Å². The maximum absolute atomic E-state index is 11.1. The zero-order valence-corrected chi connectivity index (χ0v) is 7.90. The number of halogens is 1. The first-order valence-electron chi connectivity index (χ1n) is 5.29. The van der Waals surface area contributed by atoms with Gasteiger partial charge >= 0.3 is 6.09 Å². The van der Waals surface area contributed by atoms with Crippen molar-refractivity contribution >= 4 is 22.0 Å². The van der Waals surface area contributed by atoms with Crippen LogP contribution in [0.25, 0.3) is 0 Å². The Bertz CT molecular complexity index is 224. The predicted octanol–water partition coefficient (Wildman–Crippen LogP) is 1.91. The highest BCUT2D eigenvalue weighted by molar-refractivity contribution is 9.09. The molecule has 0 aromatic heterocycles. The van der Waals surface area contributed by atoms with E-state index in [1.54, 1.807) is 0 Å². The lowest BCUT2D eigenvalue weighted by Crippen LogP contribution is -2.33. The van der Waals surface area contributed by atoms with E-state index in [2.05, 4.69) is 21.2 Å². The van der Waals surface area contributed by atoms with Crippen molar-refractivity contribution in [1.29, 1.82) is 0 Å². The lowest BCUT2D eigenvalue weighted by Gasteiger charge is -2.19. The molecule has 0 saturated heterocycles. The van der Waals surface area contributed by atoms with Crippen molar-refractivity contribution < 1.29 is 15.0 Å². The Labute approximate surface area is 81.2 Å². The van der Waals surface area contributed by atoms with E-state index in [0.29, 0.717) is 11.9 Å². The van der Waals surface area contributed by atoms with E-state index in [0.717, 1.165) is 0 Å². The molecule has 1 amide bonds. The summed E-state index contributed by atoms with van der Waals surface area (Å²) in [5.74, 6) is 0. The molecule has 0 aromatic rings.